The van der Waals surface area contributed by atoms with Crippen LogP contribution in [-0.2, 0) is 33.7 Å². The molecule has 0 aromatic rings. The predicted octanol–water partition coefficient (Wildman–Crippen LogP) is 1.94. The van der Waals surface area contributed by atoms with Gasteiger partial charge in [0.15, 0.2) is 26.9 Å². The van der Waals surface area contributed by atoms with Crippen LogP contribution in [0.4, 0.5) is 0 Å². The molecule has 0 N–H and O–H groups in total. The highest BCUT2D eigenvalue weighted by molar-refractivity contribution is 7.93. The van der Waals surface area contributed by atoms with Gasteiger partial charge in [-0.05, 0) is 27.7 Å². The smallest absolute Gasteiger partial charge is 0.307 e. The number of carbonyl (C=O) groups is 3. The van der Waals surface area contributed by atoms with E-state index in [0.29, 0.717) is 0 Å². The maximum atomic E-state index is 12.9. The molecule has 28 heavy (non-hydrogen) atoms. The Morgan fingerprint density at radius 1 is 1.14 bits per heavy atom. The molecule has 8 nitrogen and oxygen atoms in total. The summed E-state index contributed by atoms with van der Waals surface area (Å²) < 4.78 is 36.7. The Hall–Kier alpha value is -1.90. The van der Waals surface area contributed by atoms with E-state index in [2.05, 4.69) is 0 Å². The number of nitrogens with zero attached hydrogens (tertiary/aromatic N) is 1. The monoisotopic (exact) mass is 415 g/mol. The standard InChI is InChI=1S/C19H29NO7S/c1-11-12(8-16(23)27-19(5,6)7)28(24,25)15-9-14(22)20(15)17(11)26-10-13(21)18(2,3)4/h12,15H,8-10H2,1-7H3/t12?,15-/m0/s1. The first-order valence-electron chi connectivity index (χ1n) is 9.19. The highest BCUT2D eigenvalue weighted by Crippen LogP contribution is 2.41. The van der Waals surface area contributed by atoms with Crippen molar-refractivity contribution in [1.29, 1.82) is 0 Å². The molecule has 0 bridgehead atoms. The summed E-state index contributed by atoms with van der Waals surface area (Å²) in [5.41, 5.74) is -1.15. The number of ether oxygens (including phenoxy) is 2. The number of ketones is 1. The van der Waals surface area contributed by atoms with Gasteiger partial charge in [-0.2, -0.15) is 0 Å². The first kappa shape index (κ1) is 22.4. The number of carbonyl (C=O) groups excluding carboxylic acids is 3. The summed E-state index contributed by atoms with van der Waals surface area (Å²) in [7, 11) is -3.82. The Bertz CT molecular complexity index is 827. The number of amides is 1. The Morgan fingerprint density at radius 3 is 2.18 bits per heavy atom. The SMILES string of the molecule is CC1=C(OCC(=O)C(C)(C)C)N2C(=O)C[C@@H]2S(=O)(=O)C1CC(=O)OC(C)(C)C. The number of sulfone groups is 1. The number of β-lactam (4-membered cyclic amide) rings is 1. The van der Waals surface area contributed by atoms with Gasteiger partial charge in [0.1, 0.15) is 12.2 Å². The van der Waals surface area contributed by atoms with Crippen LogP contribution in [0.5, 0.6) is 0 Å². The zero-order chi connectivity index (χ0) is 21.7. The average Bonchev–Trinajstić information content (AvgIpc) is 2.49. The molecule has 0 spiro atoms. The van der Waals surface area contributed by atoms with Crippen molar-refractivity contribution in [2.24, 2.45) is 5.41 Å². The lowest BCUT2D eigenvalue weighted by Crippen LogP contribution is -2.62. The van der Waals surface area contributed by atoms with Crippen LogP contribution in [0.25, 0.3) is 0 Å². The van der Waals surface area contributed by atoms with Gasteiger partial charge in [-0.1, -0.05) is 20.8 Å². The molecule has 0 aromatic heterocycles. The summed E-state index contributed by atoms with van der Waals surface area (Å²) in [6.07, 6.45) is -0.537. The fourth-order valence-corrected chi connectivity index (χ4v) is 5.22. The summed E-state index contributed by atoms with van der Waals surface area (Å²) in [6.45, 7) is 11.5. The third kappa shape index (κ3) is 4.39. The molecule has 2 rings (SSSR count). The van der Waals surface area contributed by atoms with Gasteiger partial charge < -0.3 is 9.47 Å². The van der Waals surface area contributed by atoms with Crippen LogP contribution in [0.15, 0.2) is 11.5 Å². The number of Topliss-reactive ketones (excluding diaryl/α,β-unsaturated/α-hetero) is 1. The molecule has 2 heterocycles. The van der Waals surface area contributed by atoms with Gasteiger partial charge in [0.25, 0.3) is 0 Å². The summed E-state index contributed by atoms with van der Waals surface area (Å²) in [4.78, 5) is 37.6. The number of fused-ring (bicyclic) bond motifs is 1. The first-order chi connectivity index (χ1) is 12.6. The highest BCUT2D eigenvalue weighted by Gasteiger charge is 2.56. The molecule has 9 heteroatoms. The van der Waals surface area contributed by atoms with Gasteiger partial charge in [0, 0.05) is 11.0 Å². The summed E-state index contributed by atoms with van der Waals surface area (Å²) in [5, 5.41) is -2.23. The van der Waals surface area contributed by atoms with Crippen LogP contribution in [0, 0.1) is 5.41 Å². The second-order valence-electron chi connectivity index (χ2n) is 9.24. The van der Waals surface area contributed by atoms with Crippen LogP contribution in [0.1, 0.15) is 61.3 Å². The van der Waals surface area contributed by atoms with E-state index < -0.39 is 37.4 Å². The fraction of sp³-hybridized carbons (Fsp3) is 0.737. The van der Waals surface area contributed by atoms with Gasteiger partial charge >= 0.3 is 5.97 Å². The van der Waals surface area contributed by atoms with Gasteiger partial charge in [-0.3, -0.25) is 19.3 Å². The molecule has 1 saturated heterocycles. The van der Waals surface area contributed by atoms with Crippen LogP contribution >= 0.6 is 0 Å². The van der Waals surface area contributed by atoms with Crippen molar-refractivity contribution in [2.45, 2.75) is 77.5 Å². The van der Waals surface area contributed by atoms with E-state index >= 15 is 0 Å². The first-order valence-corrected chi connectivity index (χ1v) is 10.8. The van der Waals surface area contributed by atoms with E-state index in [-0.39, 0.29) is 42.6 Å². The number of esters is 1. The topological polar surface area (TPSA) is 107 Å². The molecule has 2 aliphatic rings. The maximum absolute atomic E-state index is 12.9. The minimum Gasteiger partial charge on any atom is -0.471 e. The van der Waals surface area contributed by atoms with Crippen LogP contribution in [0.3, 0.4) is 0 Å². The van der Waals surface area contributed by atoms with Crippen LogP contribution < -0.4 is 0 Å². The van der Waals surface area contributed by atoms with E-state index in [1.54, 1.807) is 41.5 Å². The van der Waals surface area contributed by atoms with Gasteiger partial charge in [0.2, 0.25) is 5.91 Å². The Kier molecular flexibility index (Phi) is 5.73. The average molecular weight is 416 g/mol. The lowest BCUT2D eigenvalue weighted by molar-refractivity contribution is -0.154. The number of hydrogen-bond donors (Lipinski definition) is 0. The molecular weight excluding hydrogens is 386 g/mol. The van der Waals surface area contributed by atoms with Crippen molar-refractivity contribution in [2.75, 3.05) is 6.61 Å². The van der Waals surface area contributed by atoms with Crippen molar-refractivity contribution in [1.82, 2.24) is 4.90 Å². The molecule has 0 aromatic carbocycles. The zero-order valence-corrected chi connectivity index (χ0v) is 18.3. The summed E-state index contributed by atoms with van der Waals surface area (Å²) in [5.74, 6) is -1.16. The molecule has 2 aliphatic heterocycles. The largest absolute Gasteiger partial charge is 0.471 e. The Balaban J connectivity index is 2.34. The predicted molar refractivity (Wildman–Crippen MR) is 102 cm³/mol. The van der Waals surface area contributed by atoms with Crippen molar-refractivity contribution < 1.29 is 32.3 Å². The van der Waals surface area contributed by atoms with E-state index in [1.807, 2.05) is 0 Å². The third-order valence-corrected chi connectivity index (χ3v) is 7.12. The Morgan fingerprint density at radius 2 is 1.71 bits per heavy atom. The number of hydrogen-bond acceptors (Lipinski definition) is 7. The van der Waals surface area contributed by atoms with Crippen molar-refractivity contribution in [3.05, 3.63) is 11.5 Å². The fourth-order valence-electron chi connectivity index (χ4n) is 3.00. The van der Waals surface area contributed by atoms with Crippen LogP contribution in [-0.4, -0.2) is 53.8 Å². The Labute approximate surface area is 166 Å². The molecule has 158 valence electrons. The van der Waals surface area contributed by atoms with Gasteiger partial charge in [-0.15, -0.1) is 0 Å². The molecule has 0 saturated carbocycles. The zero-order valence-electron chi connectivity index (χ0n) is 17.5. The van der Waals surface area contributed by atoms with E-state index in [0.717, 1.165) is 4.90 Å². The number of rotatable bonds is 5. The van der Waals surface area contributed by atoms with E-state index in [1.165, 1.54) is 6.92 Å². The highest BCUT2D eigenvalue weighted by atomic mass is 32.2. The normalized spacial score (nSPS) is 24.4. The van der Waals surface area contributed by atoms with Gasteiger partial charge in [-0.25, -0.2) is 8.42 Å². The third-order valence-electron chi connectivity index (χ3n) is 4.67. The van der Waals surface area contributed by atoms with Crippen molar-refractivity contribution in [3.63, 3.8) is 0 Å². The maximum Gasteiger partial charge on any atom is 0.307 e. The second kappa shape index (κ2) is 7.17. The summed E-state index contributed by atoms with van der Waals surface area (Å²) >= 11 is 0. The second-order valence-corrected chi connectivity index (χ2v) is 11.5. The molecule has 1 amide bonds. The lowest BCUT2D eigenvalue weighted by atomic mass is 9.91. The molecular formula is C19H29NO7S. The molecule has 1 unspecified atom stereocenters. The molecule has 1 fully saturated rings. The van der Waals surface area contributed by atoms with E-state index in [9.17, 15) is 22.8 Å². The summed E-state index contributed by atoms with van der Waals surface area (Å²) in [6, 6.07) is 0. The van der Waals surface area contributed by atoms with E-state index in [4.69, 9.17) is 9.47 Å². The van der Waals surface area contributed by atoms with Gasteiger partial charge in [0.05, 0.1) is 18.1 Å². The molecule has 0 aliphatic carbocycles. The molecule has 2 atom stereocenters. The molecule has 0 radical (unpaired) electrons. The quantitative estimate of drug-likeness (QED) is 0.499. The minimum absolute atomic E-state index is 0.0576. The van der Waals surface area contributed by atoms with Crippen molar-refractivity contribution >= 4 is 27.5 Å². The lowest BCUT2D eigenvalue weighted by Gasteiger charge is -2.46. The van der Waals surface area contributed by atoms with Crippen molar-refractivity contribution in [3.8, 4) is 0 Å². The van der Waals surface area contributed by atoms with Crippen LogP contribution in [0.2, 0.25) is 0 Å². The minimum atomic E-state index is -3.82.